The second-order valence-corrected chi connectivity index (χ2v) is 16.9. The molecular weight excluding hydrogens is 747 g/mol. The first kappa shape index (κ1) is 32.1. The molecule has 270 valence electrons. The van der Waals surface area contributed by atoms with Gasteiger partial charge in [-0.3, -0.25) is 9.13 Å². The lowest BCUT2D eigenvalue weighted by molar-refractivity contribution is 1.03. The summed E-state index contributed by atoms with van der Waals surface area (Å²) < 4.78 is 7.49. The second-order valence-electron chi connectivity index (χ2n) is 14.8. The molecule has 5 nitrogen and oxygen atoms in total. The van der Waals surface area contributed by atoms with Crippen LogP contribution in [0.3, 0.4) is 0 Å². The van der Waals surface area contributed by atoms with Crippen LogP contribution in [0.25, 0.3) is 109 Å². The van der Waals surface area contributed by atoms with Crippen LogP contribution in [0.2, 0.25) is 0 Å². The Hall–Kier alpha value is -7.06. The maximum Gasteiger partial charge on any atom is 0.164 e. The van der Waals surface area contributed by atoms with Crippen molar-refractivity contribution >= 4 is 86.9 Å². The van der Waals surface area contributed by atoms with E-state index in [1.54, 1.807) is 0 Å². The predicted octanol–water partition coefficient (Wildman–Crippen LogP) is 13.9. The van der Waals surface area contributed by atoms with Gasteiger partial charge in [0, 0.05) is 68.2 Å². The lowest BCUT2D eigenvalue weighted by Crippen LogP contribution is -2.06. The van der Waals surface area contributed by atoms with Crippen LogP contribution in [0, 0.1) is 0 Å². The number of nitrogens with zero attached hydrogens (tertiary/aromatic N) is 5. The van der Waals surface area contributed by atoms with Gasteiger partial charge in [0.05, 0.1) is 22.4 Å². The van der Waals surface area contributed by atoms with Crippen molar-refractivity contribution in [1.29, 1.82) is 0 Å². The second kappa shape index (κ2) is 12.2. The Morgan fingerprint density at radius 2 is 1.05 bits per heavy atom. The van der Waals surface area contributed by atoms with Gasteiger partial charge in [0.2, 0.25) is 0 Å². The number of para-hydroxylation sites is 3. The normalized spacial score (nSPS) is 12.4. The molecule has 7 heteroatoms. The monoisotopic (exact) mass is 775 g/mol. The minimum Gasteiger partial charge on any atom is -0.294 e. The number of thiophene rings is 1. The van der Waals surface area contributed by atoms with Gasteiger partial charge in [-0.15, -0.1) is 11.3 Å². The number of rotatable bonds is 4. The Bertz CT molecular complexity index is 3670. The third kappa shape index (κ3) is 4.57. The van der Waals surface area contributed by atoms with Crippen molar-refractivity contribution in [1.82, 2.24) is 24.1 Å². The van der Waals surface area contributed by atoms with E-state index >= 15 is 0 Å². The summed E-state index contributed by atoms with van der Waals surface area (Å²) in [5.74, 6) is 1.94. The molecule has 0 atom stereocenters. The van der Waals surface area contributed by atoms with E-state index in [0.29, 0.717) is 17.5 Å². The van der Waals surface area contributed by atoms with E-state index in [0.717, 1.165) is 33.2 Å². The van der Waals surface area contributed by atoms with E-state index in [9.17, 15) is 0 Å². The highest BCUT2D eigenvalue weighted by molar-refractivity contribution is 7.99. The van der Waals surface area contributed by atoms with E-state index in [2.05, 4.69) is 167 Å². The fourth-order valence-electron chi connectivity index (χ4n) is 9.06. The molecule has 1 aliphatic heterocycles. The lowest BCUT2D eigenvalue weighted by Gasteiger charge is -2.21. The van der Waals surface area contributed by atoms with Crippen LogP contribution in [0.1, 0.15) is 0 Å². The van der Waals surface area contributed by atoms with Crippen molar-refractivity contribution < 1.29 is 0 Å². The number of benzene rings is 8. The standard InChI is InChI=1S/C51H29N5S2/c1-2-13-30(14-3-1)48-52-49(31-27-28-43-38(29-31)34-15-5-8-24-42(34)57-43)54-50(53-48)35-19-10-18-33-32(35)17-11-23-39(33)55-40-21-6-4-16-36(40)46-37-20-12-26-45-47(37)56(51(46)55)41-22-7-9-25-44(41)58-45/h1-29H. The van der Waals surface area contributed by atoms with Gasteiger partial charge >= 0.3 is 0 Å². The van der Waals surface area contributed by atoms with Crippen molar-refractivity contribution in [3.63, 3.8) is 0 Å². The zero-order valence-corrected chi connectivity index (χ0v) is 32.4. The molecule has 58 heavy (non-hydrogen) atoms. The van der Waals surface area contributed by atoms with Crippen LogP contribution in [-0.4, -0.2) is 24.1 Å². The lowest BCUT2D eigenvalue weighted by atomic mass is 10.0. The van der Waals surface area contributed by atoms with E-state index in [1.807, 2.05) is 41.3 Å². The van der Waals surface area contributed by atoms with Gasteiger partial charge in [-0.25, -0.2) is 15.0 Å². The molecular formula is C51H29N5S2. The molecule has 0 N–H and O–H groups in total. The highest BCUT2D eigenvalue weighted by Crippen LogP contribution is 2.50. The molecule has 1 aliphatic rings. The summed E-state index contributed by atoms with van der Waals surface area (Å²) in [6.45, 7) is 0. The highest BCUT2D eigenvalue weighted by atomic mass is 32.2. The minimum atomic E-state index is 0.642. The van der Waals surface area contributed by atoms with Crippen LogP contribution >= 0.6 is 23.1 Å². The quantitative estimate of drug-likeness (QED) is 0.179. The van der Waals surface area contributed by atoms with E-state index < -0.39 is 0 Å². The molecule has 5 heterocycles. The third-order valence-electron chi connectivity index (χ3n) is 11.6. The summed E-state index contributed by atoms with van der Waals surface area (Å²) in [5, 5.41) is 8.43. The average Bonchev–Trinajstić information content (AvgIpc) is 3.95. The minimum absolute atomic E-state index is 0.642. The molecule has 0 amide bonds. The molecule has 13 rings (SSSR count). The van der Waals surface area contributed by atoms with Crippen LogP contribution < -0.4 is 0 Å². The maximum atomic E-state index is 5.28. The molecule has 0 saturated heterocycles. The average molecular weight is 776 g/mol. The van der Waals surface area contributed by atoms with E-state index in [1.165, 1.54) is 68.5 Å². The molecule has 0 saturated carbocycles. The van der Waals surface area contributed by atoms with Crippen molar-refractivity contribution in [3.8, 4) is 45.5 Å². The molecule has 0 bridgehead atoms. The summed E-state index contributed by atoms with van der Waals surface area (Å²) in [7, 11) is 0. The van der Waals surface area contributed by atoms with E-state index in [4.69, 9.17) is 15.0 Å². The highest BCUT2D eigenvalue weighted by Gasteiger charge is 2.28. The first-order chi connectivity index (χ1) is 28.8. The fourth-order valence-corrected chi connectivity index (χ4v) is 11.2. The van der Waals surface area contributed by atoms with Crippen LogP contribution in [0.4, 0.5) is 0 Å². The topological polar surface area (TPSA) is 48.5 Å². The predicted molar refractivity (Wildman–Crippen MR) is 242 cm³/mol. The Morgan fingerprint density at radius 3 is 1.98 bits per heavy atom. The van der Waals surface area contributed by atoms with E-state index in [-0.39, 0.29) is 0 Å². The molecule has 0 radical (unpaired) electrons. The first-order valence-corrected chi connectivity index (χ1v) is 21.0. The Kier molecular flexibility index (Phi) is 6.76. The molecule has 0 unspecified atom stereocenters. The van der Waals surface area contributed by atoms with Crippen molar-refractivity contribution in [2.24, 2.45) is 0 Å². The van der Waals surface area contributed by atoms with Crippen molar-refractivity contribution in [2.45, 2.75) is 9.79 Å². The summed E-state index contributed by atoms with van der Waals surface area (Å²) in [6, 6.07) is 62.9. The largest absolute Gasteiger partial charge is 0.294 e. The Morgan fingerprint density at radius 1 is 0.397 bits per heavy atom. The van der Waals surface area contributed by atoms with Gasteiger partial charge in [0.1, 0.15) is 5.65 Å². The van der Waals surface area contributed by atoms with Crippen molar-refractivity contribution in [2.75, 3.05) is 0 Å². The fraction of sp³-hybridized carbons (Fsp3) is 0. The molecule has 0 fully saturated rings. The van der Waals surface area contributed by atoms with Gasteiger partial charge in [-0.05, 0) is 60.0 Å². The first-order valence-electron chi connectivity index (χ1n) is 19.4. The SMILES string of the molecule is c1ccc(-c2nc(-c3ccc4sc5ccccc5c4c3)nc(-c3cccc4c(-n5c6ccccc6c6c7cccc8c7n(c65)-c5ccccc5S8)cccc34)n2)cc1. The third-order valence-corrected chi connectivity index (χ3v) is 13.8. The number of hydrogen-bond acceptors (Lipinski definition) is 5. The zero-order valence-electron chi connectivity index (χ0n) is 30.8. The molecule has 0 spiro atoms. The van der Waals surface area contributed by atoms with Gasteiger partial charge in [-0.2, -0.15) is 0 Å². The molecule has 8 aromatic carbocycles. The summed E-state index contributed by atoms with van der Waals surface area (Å²) in [6.07, 6.45) is 0. The number of hydrogen-bond donors (Lipinski definition) is 0. The molecule has 12 aromatic rings. The van der Waals surface area contributed by atoms with Gasteiger partial charge in [-0.1, -0.05) is 133 Å². The number of aromatic nitrogens is 5. The Labute approximate surface area is 340 Å². The van der Waals surface area contributed by atoms with Gasteiger partial charge in [0.15, 0.2) is 17.5 Å². The Balaban J connectivity index is 1.07. The van der Waals surface area contributed by atoms with Crippen molar-refractivity contribution in [3.05, 3.63) is 176 Å². The zero-order chi connectivity index (χ0) is 37.9. The number of fused-ring (bicyclic) bond motifs is 11. The van der Waals surface area contributed by atoms with Crippen LogP contribution in [0.5, 0.6) is 0 Å². The van der Waals surface area contributed by atoms with Crippen LogP contribution in [-0.2, 0) is 0 Å². The summed E-state index contributed by atoms with van der Waals surface area (Å²) in [5.41, 5.74) is 8.78. The summed E-state index contributed by atoms with van der Waals surface area (Å²) in [4.78, 5) is 18.1. The maximum absolute atomic E-state index is 5.28. The molecule has 4 aromatic heterocycles. The van der Waals surface area contributed by atoms with Gasteiger partial charge in [0.25, 0.3) is 0 Å². The smallest absolute Gasteiger partial charge is 0.164 e. The van der Waals surface area contributed by atoms with Crippen LogP contribution in [0.15, 0.2) is 186 Å². The summed E-state index contributed by atoms with van der Waals surface area (Å²) >= 11 is 3.67. The molecule has 0 aliphatic carbocycles. The van der Waals surface area contributed by atoms with Gasteiger partial charge < -0.3 is 0 Å².